The van der Waals surface area contributed by atoms with Gasteiger partial charge in [-0.15, -0.1) is 0 Å². The first-order chi connectivity index (χ1) is 10.9. The van der Waals surface area contributed by atoms with Crippen molar-refractivity contribution in [1.82, 2.24) is 10.0 Å². The van der Waals surface area contributed by atoms with E-state index in [2.05, 4.69) is 10.0 Å². The van der Waals surface area contributed by atoms with Gasteiger partial charge >= 0.3 is 0 Å². The third-order valence-corrected chi connectivity index (χ3v) is 5.82. The zero-order valence-corrected chi connectivity index (χ0v) is 14.4. The molecule has 0 radical (unpaired) electrons. The summed E-state index contributed by atoms with van der Waals surface area (Å²) in [6.07, 6.45) is 2.85. The van der Waals surface area contributed by atoms with Crippen LogP contribution in [0.5, 0.6) is 0 Å². The van der Waals surface area contributed by atoms with Gasteiger partial charge in [-0.25, -0.2) is 13.1 Å². The van der Waals surface area contributed by atoms with Crippen LogP contribution in [-0.2, 0) is 14.8 Å². The molecule has 1 aromatic rings. The van der Waals surface area contributed by atoms with Crippen LogP contribution in [0.1, 0.15) is 19.3 Å². The molecule has 0 aliphatic heterocycles. The van der Waals surface area contributed by atoms with Crippen molar-refractivity contribution in [2.45, 2.75) is 24.2 Å². The van der Waals surface area contributed by atoms with E-state index in [0.29, 0.717) is 11.6 Å². The Morgan fingerprint density at radius 1 is 1.30 bits per heavy atom. The highest BCUT2D eigenvalue weighted by molar-refractivity contribution is 7.89. The van der Waals surface area contributed by atoms with E-state index in [-0.39, 0.29) is 35.7 Å². The summed E-state index contributed by atoms with van der Waals surface area (Å²) in [5.41, 5.74) is 5.67. The van der Waals surface area contributed by atoms with Gasteiger partial charge in [0.2, 0.25) is 15.9 Å². The second kappa shape index (κ2) is 8.10. The predicted octanol–water partition coefficient (Wildman–Crippen LogP) is 1.11. The molecule has 1 aliphatic carbocycles. The Kier molecular flexibility index (Phi) is 6.41. The Labute approximate surface area is 141 Å². The zero-order chi connectivity index (χ0) is 16.9. The van der Waals surface area contributed by atoms with Crippen molar-refractivity contribution in [2.24, 2.45) is 17.6 Å². The molecule has 0 heterocycles. The van der Waals surface area contributed by atoms with Crippen molar-refractivity contribution in [3.05, 3.63) is 29.3 Å². The molecule has 8 heteroatoms. The fraction of sp³-hybridized carbons (Fsp3) is 0.533. The van der Waals surface area contributed by atoms with Crippen LogP contribution in [0.25, 0.3) is 0 Å². The van der Waals surface area contributed by atoms with Crippen molar-refractivity contribution in [2.75, 3.05) is 19.6 Å². The quantitative estimate of drug-likeness (QED) is 0.635. The lowest BCUT2D eigenvalue weighted by Gasteiger charge is -2.17. The average Bonchev–Trinajstić information content (AvgIpc) is 3.00. The van der Waals surface area contributed by atoms with E-state index >= 15 is 0 Å². The van der Waals surface area contributed by atoms with Crippen molar-refractivity contribution >= 4 is 27.5 Å². The molecule has 23 heavy (non-hydrogen) atoms. The number of benzene rings is 1. The third kappa shape index (κ3) is 4.91. The second-order valence-electron chi connectivity index (χ2n) is 5.68. The van der Waals surface area contributed by atoms with Gasteiger partial charge in [0.05, 0.1) is 4.90 Å². The van der Waals surface area contributed by atoms with Gasteiger partial charge in [-0.2, -0.15) is 0 Å². The summed E-state index contributed by atoms with van der Waals surface area (Å²) in [7, 11) is -3.62. The molecule has 1 amide bonds. The molecule has 0 bridgehead atoms. The van der Waals surface area contributed by atoms with Gasteiger partial charge in [0.25, 0.3) is 0 Å². The maximum absolute atomic E-state index is 12.1. The average molecular weight is 360 g/mol. The number of carbonyl (C=O) groups excluding carboxylic acids is 1. The molecule has 0 unspecified atom stereocenters. The number of hydrogen-bond acceptors (Lipinski definition) is 4. The fourth-order valence-electron chi connectivity index (χ4n) is 2.88. The van der Waals surface area contributed by atoms with Gasteiger partial charge in [0, 0.05) is 24.0 Å². The summed E-state index contributed by atoms with van der Waals surface area (Å²) >= 11 is 5.79. The smallest absolute Gasteiger partial charge is 0.240 e. The van der Waals surface area contributed by atoms with Crippen molar-refractivity contribution < 1.29 is 13.2 Å². The summed E-state index contributed by atoms with van der Waals surface area (Å²) in [6, 6.07) is 6.03. The maximum atomic E-state index is 12.1. The second-order valence-corrected chi connectivity index (χ2v) is 7.88. The SMILES string of the molecule is NC[C@H]1CCC[C@H]1C(=O)NCCNS(=O)(=O)c1cccc(Cl)c1. The number of sulfonamides is 1. The molecule has 2 atom stereocenters. The molecule has 0 saturated heterocycles. The van der Waals surface area contributed by atoms with Crippen molar-refractivity contribution in [3.8, 4) is 0 Å². The number of rotatable bonds is 7. The minimum Gasteiger partial charge on any atom is -0.355 e. The third-order valence-electron chi connectivity index (χ3n) is 4.12. The molecule has 6 nitrogen and oxygen atoms in total. The number of hydrogen-bond donors (Lipinski definition) is 3. The lowest BCUT2D eigenvalue weighted by Crippen LogP contribution is -2.39. The summed E-state index contributed by atoms with van der Waals surface area (Å²) in [5, 5.41) is 3.13. The molecular formula is C15H22ClN3O3S. The number of nitrogens with one attached hydrogen (secondary N) is 2. The lowest BCUT2D eigenvalue weighted by molar-refractivity contribution is -0.125. The predicted molar refractivity (Wildman–Crippen MR) is 89.5 cm³/mol. The minimum atomic E-state index is -3.62. The first-order valence-corrected chi connectivity index (χ1v) is 9.53. The molecule has 0 spiro atoms. The van der Waals surface area contributed by atoms with E-state index < -0.39 is 10.0 Å². The van der Waals surface area contributed by atoms with Gasteiger partial charge < -0.3 is 11.1 Å². The monoisotopic (exact) mass is 359 g/mol. The molecule has 128 valence electrons. The van der Waals surface area contributed by atoms with E-state index in [1.165, 1.54) is 12.1 Å². The molecule has 1 aliphatic rings. The number of carbonyl (C=O) groups is 1. The molecule has 4 N–H and O–H groups in total. The standard InChI is InChI=1S/C15H22ClN3O3S/c16-12-4-2-5-13(9-12)23(21,22)19-8-7-18-15(20)14-6-1-3-11(14)10-17/h2,4-5,9,11,14,19H,1,3,6-8,10,17H2,(H,18,20)/t11-,14-/m1/s1. The zero-order valence-electron chi connectivity index (χ0n) is 12.8. The van der Waals surface area contributed by atoms with Gasteiger partial charge in [-0.3, -0.25) is 4.79 Å². The Hall–Kier alpha value is -1.15. The van der Waals surface area contributed by atoms with E-state index in [0.717, 1.165) is 19.3 Å². The van der Waals surface area contributed by atoms with Gasteiger partial charge in [-0.05, 0) is 43.5 Å². The molecular weight excluding hydrogens is 338 g/mol. The first-order valence-electron chi connectivity index (χ1n) is 7.67. The van der Waals surface area contributed by atoms with Crippen molar-refractivity contribution in [1.29, 1.82) is 0 Å². The highest BCUT2D eigenvalue weighted by Gasteiger charge is 2.31. The topological polar surface area (TPSA) is 101 Å². The highest BCUT2D eigenvalue weighted by atomic mass is 35.5. The number of amides is 1. The number of nitrogens with two attached hydrogens (primary N) is 1. The fourth-order valence-corrected chi connectivity index (χ4v) is 4.22. The van der Waals surface area contributed by atoms with E-state index in [9.17, 15) is 13.2 Å². The van der Waals surface area contributed by atoms with Crippen LogP contribution in [0.15, 0.2) is 29.2 Å². The Balaban J connectivity index is 1.80. The van der Waals surface area contributed by atoms with Crippen LogP contribution in [0.3, 0.4) is 0 Å². The van der Waals surface area contributed by atoms with E-state index in [1.807, 2.05) is 0 Å². The summed E-state index contributed by atoms with van der Waals surface area (Å²) < 4.78 is 26.6. The highest BCUT2D eigenvalue weighted by Crippen LogP contribution is 2.30. The molecule has 2 rings (SSSR count). The molecule has 1 aromatic carbocycles. The summed E-state index contributed by atoms with van der Waals surface area (Å²) in [5.74, 6) is 0.141. The molecule has 0 aromatic heterocycles. The maximum Gasteiger partial charge on any atom is 0.240 e. The van der Waals surface area contributed by atoms with Crippen LogP contribution in [-0.4, -0.2) is 34.0 Å². The van der Waals surface area contributed by atoms with Crippen LogP contribution in [0, 0.1) is 11.8 Å². The Morgan fingerprint density at radius 3 is 2.78 bits per heavy atom. The summed E-state index contributed by atoms with van der Waals surface area (Å²) in [4.78, 5) is 12.2. The first kappa shape index (κ1) is 18.2. The van der Waals surface area contributed by atoms with Gasteiger partial charge in [0.1, 0.15) is 0 Å². The van der Waals surface area contributed by atoms with E-state index in [1.54, 1.807) is 12.1 Å². The lowest BCUT2D eigenvalue weighted by atomic mass is 9.95. The van der Waals surface area contributed by atoms with Crippen LogP contribution >= 0.6 is 11.6 Å². The van der Waals surface area contributed by atoms with Crippen LogP contribution in [0.4, 0.5) is 0 Å². The number of halogens is 1. The summed E-state index contributed by atoms with van der Waals surface area (Å²) in [6.45, 7) is 0.881. The van der Waals surface area contributed by atoms with Crippen molar-refractivity contribution in [3.63, 3.8) is 0 Å². The van der Waals surface area contributed by atoms with Crippen LogP contribution < -0.4 is 15.8 Å². The van der Waals surface area contributed by atoms with Gasteiger partial charge in [-0.1, -0.05) is 24.1 Å². The Bertz CT molecular complexity index is 651. The largest absolute Gasteiger partial charge is 0.355 e. The molecule has 1 fully saturated rings. The minimum absolute atomic E-state index is 0.0418. The molecule has 1 saturated carbocycles. The van der Waals surface area contributed by atoms with Crippen LogP contribution in [0.2, 0.25) is 5.02 Å². The normalized spacial score (nSPS) is 21.3. The van der Waals surface area contributed by atoms with E-state index in [4.69, 9.17) is 17.3 Å². The Morgan fingerprint density at radius 2 is 2.09 bits per heavy atom. The van der Waals surface area contributed by atoms with Gasteiger partial charge in [0.15, 0.2) is 0 Å².